The number of carbonyl (C=O) groups excluding carboxylic acids is 1. The second kappa shape index (κ2) is 8.93. The van der Waals surface area contributed by atoms with E-state index < -0.39 is 5.91 Å². The number of nitrogens with one attached hydrogen (secondary N) is 1. The summed E-state index contributed by atoms with van der Waals surface area (Å²) in [6, 6.07) is 20.6. The van der Waals surface area contributed by atoms with Crippen molar-refractivity contribution < 1.29 is 9.53 Å². The van der Waals surface area contributed by atoms with Crippen LogP contribution in [0.1, 0.15) is 15.9 Å². The Kier molecular flexibility index (Phi) is 6.14. The van der Waals surface area contributed by atoms with Crippen LogP contribution in [0.15, 0.2) is 71.7 Å². The molecule has 1 amide bonds. The average Bonchev–Trinajstić information content (AvgIpc) is 2.73. The number of nitrogens with two attached hydrogens (primary N) is 1. The Morgan fingerprint density at radius 3 is 2.45 bits per heavy atom. The van der Waals surface area contributed by atoms with E-state index in [1.54, 1.807) is 31.5 Å². The largest absolute Gasteiger partial charge is 0.457 e. The highest BCUT2D eigenvalue weighted by Gasteiger charge is 2.05. The van der Waals surface area contributed by atoms with Crippen LogP contribution in [0.4, 0.5) is 17.1 Å². The van der Waals surface area contributed by atoms with Crippen LogP contribution in [0.3, 0.4) is 0 Å². The average molecular weight is 388 g/mol. The van der Waals surface area contributed by atoms with Crippen molar-refractivity contribution in [3.05, 3.63) is 77.9 Å². The Morgan fingerprint density at radius 1 is 1.03 bits per heavy atom. The Hall–Kier alpha value is -3.80. The van der Waals surface area contributed by atoms with Gasteiger partial charge in [-0.25, -0.2) is 0 Å². The van der Waals surface area contributed by atoms with E-state index in [4.69, 9.17) is 10.5 Å². The maximum atomic E-state index is 11.4. The van der Waals surface area contributed by atoms with Gasteiger partial charge >= 0.3 is 0 Å². The summed E-state index contributed by atoms with van der Waals surface area (Å²) in [4.78, 5) is 17.9. The molecule has 6 nitrogen and oxygen atoms in total. The number of carbonyl (C=O) groups is 1. The number of hydrogen-bond donors (Lipinski definition) is 2. The number of hydrogen-bond acceptors (Lipinski definition) is 5. The molecule has 0 spiro atoms. The fourth-order valence-electron chi connectivity index (χ4n) is 2.73. The quantitative estimate of drug-likeness (QED) is 0.587. The summed E-state index contributed by atoms with van der Waals surface area (Å²) in [5, 5.41) is 3.06. The lowest BCUT2D eigenvalue weighted by atomic mass is 10.1. The smallest absolute Gasteiger partial charge is 0.248 e. The van der Waals surface area contributed by atoms with Gasteiger partial charge in [-0.1, -0.05) is 6.07 Å². The summed E-state index contributed by atoms with van der Waals surface area (Å²) in [5.41, 5.74) is 9.21. The zero-order valence-electron chi connectivity index (χ0n) is 16.7. The van der Waals surface area contributed by atoms with Crippen LogP contribution < -0.4 is 20.7 Å². The summed E-state index contributed by atoms with van der Waals surface area (Å²) in [6.45, 7) is 0. The molecule has 0 saturated heterocycles. The van der Waals surface area contributed by atoms with Crippen molar-refractivity contribution >= 4 is 29.2 Å². The summed E-state index contributed by atoms with van der Waals surface area (Å²) < 4.78 is 5.93. The first-order valence-corrected chi connectivity index (χ1v) is 9.17. The SMILES string of the molecule is CNc1ccc(C(N)=O)cc1N=Cc1ccc(Oc2cccc(N(C)C)c2)cc1. The lowest BCUT2D eigenvalue weighted by Gasteiger charge is -2.14. The molecule has 0 atom stereocenters. The number of amides is 1. The van der Waals surface area contributed by atoms with E-state index in [-0.39, 0.29) is 0 Å². The van der Waals surface area contributed by atoms with Crippen LogP contribution in [-0.4, -0.2) is 33.3 Å². The highest BCUT2D eigenvalue weighted by molar-refractivity contribution is 5.95. The van der Waals surface area contributed by atoms with Crippen LogP contribution in [-0.2, 0) is 0 Å². The van der Waals surface area contributed by atoms with Gasteiger partial charge in [0.15, 0.2) is 0 Å². The molecule has 29 heavy (non-hydrogen) atoms. The summed E-state index contributed by atoms with van der Waals surface area (Å²) in [7, 11) is 5.79. The summed E-state index contributed by atoms with van der Waals surface area (Å²) in [6.07, 6.45) is 1.73. The number of anilines is 2. The zero-order valence-corrected chi connectivity index (χ0v) is 16.7. The van der Waals surface area contributed by atoms with Gasteiger partial charge in [-0.05, 0) is 60.2 Å². The predicted octanol–water partition coefficient (Wildman–Crippen LogP) is 4.44. The molecule has 0 unspecified atom stereocenters. The Bertz CT molecular complexity index is 1030. The number of primary amides is 1. The molecule has 0 bridgehead atoms. The third-order valence-electron chi connectivity index (χ3n) is 4.35. The van der Waals surface area contributed by atoms with Crippen LogP contribution in [0.5, 0.6) is 11.5 Å². The molecule has 0 aliphatic rings. The van der Waals surface area contributed by atoms with Gasteiger partial charge < -0.3 is 20.7 Å². The molecule has 0 radical (unpaired) electrons. The lowest BCUT2D eigenvalue weighted by Crippen LogP contribution is -2.10. The van der Waals surface area contributed by atoms with Gasteiger partial charge in [0.1, 0.15) is 11.5 Å². The van der Waals surface area contributed by atoms with Crippen LogP contribution in [0.25, 0.3) is 0 Å². The van der Waals surface area contributed by atoms with Crippen LogP contribution >= 0.6 is 0 Å². The second-order valence-electron chi connectivity index (χ2n) is 6.67. The second-order valence-corrected chi connectivity index (χ2v) is 6.67. The van der Waals surface area contributed by atoms with Crippen molar-refractivity contribution in [2.24, 2.45) is 10.7 Å². The number of nitrogens with zero attached hydrogens (tertiary/aromatic N) is 2. The fourth-order valence-corrected chi connectivity index (χ4v) is 2.73. The molecule has 6 heteroatoms. The van der Waals surface area contributed by atoms with Gasteiger partial charge in [0.05, 0.1) is 11.4 Å². The van der Waals surface area contributed by atoms with Crippen molar-refractivity contribution in [2.45, 2.75) is 0 Å². The van der Waals surface area contributed by atoms with Crippen molar-refractivity contribution in [2.75, 3.05) is 31.4 Å². The van der Waals surface area contributed by atoms with Gasteiger partial charge in [-0.15, -0.1) is 0 Å². The number of benzene rings is 3. The van der Waals surface area contributed by atoms with E-state index in [2.05, 4.69) is 10.3 Å². The van der Waals surface area contributed by atoms with Crippen molar-refractivity contribution in [3.8, 4) is 11.5 Å². The Morgan fingerprint density at radius 2 is 1.79 bits per heavy atom. The molecular formula is C23H24N4O2. The number of aliphatic imine (C=N–C) groups is 1. The zero-order chi connectivity index (χ0) is 20.8. The minimum absolute atomic E-state index is 0.417. The van der Waals surface area contributed by atoms with E-state index >= 15 is 0 Å². The maximum Gasteiger partial charge on any atom is 0.248 e. The molecule has 3 rings (SSSR count). The topological polar surface area (TPSA) is 79.9 Å². The van der Waals surface area contributed by atoms with Gasteiger partial charge in [-0.3, -0.25) is 9.79 Å². The minimum Gasteiger partial charge on any atom is -0.457 e. The van der Waals surface area contributed by atoms with Crippen molar-refractivity contribution in [1.82, 2.24) is 0 Å². The third-order valence-corrected chi connectivity index (χ3v) is 4.35. The van der Waals surface area contributed by atoms with Gasteiger partial charge in [0, 0.05) is 44.7 Å². The Balaban J connectivity index is 1.75. The van der Waals surface area contributed by atoms with E-state index in [9.17, 15) is 4.79 Å². The monoisotopic (exact) mass is 388 g/mol. The third kappa shape index (κ3) is 5.13. The van der Waals surface area contributed by atoms with E-state index in [0.717, 1.165) is 28.4 Å². The normalized spacial score (nSPS) is 10.7. The first-order valence-electron chi connectivity index (χ1n) is 9.17. The molecule has 3 aromatic rings. The molecule has 148 valence electrons. The van der Waals surface area contributed by atoms with E-state index in [0.29, 0.717) is 11.3 Å². The minimum atomic E-state index is -0.482. The molecule has 0 aliphatic carbocycles. The van der Waals surface area contributed by atoms with Gasteiger partial charge in [0.25, 0.3) is 0 Å². The Labute approximate surface area is 170 Å². The van der Waals surface area contributed by atoms with Crippen LogP contribution in [0, 0.1) is 0 Å². The number of ether oxygens (including phenoxy) is 1. The number of rotatable bonds is 7. The van der Waals surface area contributed by atoms with E-state index in [1.165, 1.54) is 0 Å². The molecule has 0 aromatic heterocycles. The maximum absolute atomic E-state index is 11.4. The van der Waals surface area contributed by atoms with Crippen LogP contribution in [0.2, 0.25) is 0 Å². The summed E-state index contributed by atoms with van der Waals surface area (Å²) in [5.74, 6) is 1.04. The standard InChI is InChI=1S/C23H24N4O2/c1-25-21-12-9-17(23(24)28)13-22(21)26-15-16-7-10-19(11-8-16)29-20-6-4-5-18(14-20)27(2)3/h4-15,25H,1-3H3,(H2,24,28). The van der Waals surface area contributed by atoms with Crippen molar-refractivity contribution in [3.63, 3.8) is 0 Å². The molecule has 3 aromatic carbocycles. The van der Waals surface area contributed by atoms with Gasteiger partial charge in [-0.2, -0.15) is 0 Å². The first-order chi connectivity index (χ1) is 14.0. The lowest BCUT2D eigenvalue weighted by molar-refractivity contribution is 0.100. The molecule has 0 saturated carbocycles. The predicted molar refractivity (Wildman–Crippen MR) is 119 cm³/mol. The summed E-state index contributed by atoms with van der Waals surface area (Å²) >= 11 is 0. The molecule has 0 aliphatic heterocycles. The van der Waals surface area contributed by atoms with Crippen molar-refractivity contribution in [1.29, 1.82) is 0 Å². The highest BCUT2D eigenvalue weighted by Crippen LogP contribution is 2.27. The van der Waals surface area contributed by atoms with E-state index in [1.807, 2.05) is 67.5 Å². The molecule has 0 fully saturated rings. The fraction of sp³-hybridized carbons (Fsp3) is 0.130. The molecule has 3 N–H and O–H groups in total. The highest BCUT2D eigenvalue weighted by atomic mass is 16.5. The molecule has 0 heterocycles. The molecular weight excluding hydrogens is 364 g/mol. The van der Waals surface area contributed by atoms with Gasteiger partial charge in [0.2, 0.25) is 5.91 Å². The first kappa shape index (κ1) is 19.9.